The molecule has 0 radical (unpaired) electrons. The quantitative estimate of drug-likeness (QED) is 0.349. The second-order valence-corrected chi connectivity index (χ2v) is 7.74. The van der Waals surface area contributed by atoms with Crippen molar-refractivity contribution < 1.29 is 9.50 Å². The van der Waals surface area contributed by atoms with Crippen LogP contribution in [0.2, 0.25) is 0 Å². The fraction of sp³-hybridized carbons (Fsp3) is 0.238. The summed E-state index contributed by atoms with van der Waals surface area (Å²) in [6, 6.07) is 5.83. The minimum absolute atomic E-state index is 0.158. The molecule has 3 heterocycles. The van der Waals surface area contributed by atoms with Gasteiger partial charge in [-0.3, -0.25) is 4.98 Å². The van der Waals surface area contributed by atoms with Gasteiger partial charge in [-0.05, 0) is 38.0 Å². The summed E-state index contributed by atoms with van der Waals surface area (Å²) >= 11 is 0. The van der Waals surface area contributed by atoms with E-state index in [9.17, 15) is 14.3 Å². The van der Waals surface area contributed by atoms with Gasteiger partial charge >= 0.3 is 5.69 Å². The average molecular weight is 447 g/mol. The van der Waals surface area contributed by atoms with E-state index in [2.05, 4.69) is 35.3 Å². The topological polar surface area (TPSA) is 160 Å². The second-order valence-electron chi connectivity index (χ2n) is 7.74. The number of nitrogens with one attached hydrogen (secondary N) is 3. The molecule has 33 heavy (non-hydrogen) atoms. The Morgan fingerprint density at radius 1 is 1.39 bits per heavy atom. The molecule has 11 nitrogen and oxygen atoms in total. The van der Waals surface area contributed by atoms with Crippen molar-refractivity contribution in [2.75, 3.05) is 5.32 Å². The molecule has 1 aliphatic carbocycles. The second kappa shape index (κ2) is 7.86. The maximum atomic E-state index is 14.5. The highest BCUT2D eigenvalue weighted by molar-refractivity contribution is 5.57. The molecule has 1 aromatic carbocycles. The van der Waals surface area contributed by atoms with Gasteiger partial charge in [-0.1, -0.05) is 6.07 Å². The lowest BCUT2D eigenvalue weighted by Crippen LogP contribution is -2.25. The summed E-state index contributed by atoms with van der Waals surface area (Å²) in [5.74, 6) is -0.608. The SMILES string of the molecule is C[C@@H](Nc1nc(=NC2CC2)n2ncc(=Cc3[nH]c(=O)[nH]c3O)c2n1)c1ccc(C#N)cc1F. The molecule has 0 amide bonds. The summed E-state index contributed by atoms with van der Waals surface area (Å²) < 4.78 is 16.0. The minimum atomic E-state index is -0.546. The van der Waals surface area contributed by atoms with Crippen molar-refractivity contribution in [2.24, 2.45) is 4.99 Å². The number of imidazole rings is 1. The lowest BCUT2D eigenvalue weighted by Gasteiger charge is -2.15. The summed E-state index contributed by atoms with van der Waals surface area (Å²) in [5, 5.41) is 26.7. The van der Waals surface area contributed by atoms with Crippen molar-refractivity contribution in [3.63, 3.8) is 0 Å². The molecule has 12 heteroatoms. The Morgan fingerprint density at radius 2 is 2.21 bits per heavy atom. The molecule has 1 aliphatic rings. The van der Waals surface area contributed by atoms with Gasteiger partial charge in [0.15, 0.2) is 5.65 Å². The minimum Gasteiger partial charge on any atom is -0.493 e. The number of nitrogens with zero attached hydrogens (tertiary/aromatic N) is 6. The van der Waals surface area contributed by atoms with E-state index < -0.39 is 17.5 Å². The van der Waals surface area contributed by atoms with Gasteiger partial charge in [0.2, 0.25) is 11.8 Å². The van der Waals surface area contributed by atoms with E-state index in [1.807, 2.05) is 6.07 Å². The van der Waals surface area contributed by atoms with Crippen LogP contribution in [0.4, 0.5) is 10.3 Å². The highest BCUT2D eigenvalue weighted by Gasteiger charge is 2.21. The monoisotopic (exact) mass is 447 g/mol. The molecular formula is C21H18FN9O2. The van der Waals surface area contributed by atoms with Crippen LogP contribution in [0.5, 0.6) is 5.88 Å². The predicted molar refractivity (Wildman–Crippen MR) is 114 cm³/mol. The Balaban J connectivity index is 1.60. The van der Waals surface area contributed by atoms with Crippen LogP contribution < -0.4 is 21.8 Å². The zero-order chi connectivity index (χ0) is 23.1. The van der Waals surface area contributed by atoms with Gasteiger partial charge in [-0.25, -0.2) is 14.2 Å². The largest absolute Gasteiger partial charge is 0.493 e. The lowest BCUT2D eigenvalue weighted by atomic mass is 10.1. The summed E-state index contributed by atoms with van der Waals surface area (Å²) in [6.45, 7) is 1.75. The van der Waals surface area contributed by atoms with Crippen LogP contribution in [-0.2, 0) is 0 Å². The fourth-order valence-electron chi connectivity index (χ4n) is 3.36. The fourth-order valence-corrected chi connectivity index (χ4v) is 3.36. The van der Waals surface area contributed by atoms with Crippen LogP contribution in [0.15, 0.2) is 34.2 Å². The van der Waals surface area contributed by atoms with Crippen molar-refractivity contribution >= 4 is 17.7 Å². The number of rotatable bonds is 5. The third kappa shape index (κ3) is 4.03. The number of hydrogen-bond acceptors (Lipinski definition) is 8. The predicted octanol–water partition coefficient (Wildman–Crippen LogP) is 0.641. The van der Waals surface area contributed by atoms with E-state index in [0.29, 0.717) is 22.0 Å². The molecule has 166 valence electrons. The Kier molecular flexibility index (Phi) is 4.86. The molecule has 0 bridgehead atoms. The smallest absolute Gasteiger partial charge is 0.326 e. The van der Waals surface area contributed by atoms with Gasteiger partial charge in [0.05, 0.1) is 29.9 Å². The van der Waals surface area contributed by atoms with E-state index in [-0.39, 0.29) is 29.1 Å². The first-order valence-corrected chi connectivity index (χ1v) is 10.2. The number of fused-ring (bicyclic) bond motifs is 1. The molecule has 4 aromatic rings. The normalized spacial score (nSPS) is 15.7. The zero-order valence-corrected chi connectivity index (χ0v) is 17.4. The molecular weight excluding hydrogens is 429 g/mol. The average Bonchev–Trinajstić information content (AvgIpc) is 3.42. The number of aromatic hydroxyl groups is 1. The molecule has 0 unspecified atom stereocenters. The van der Waals surface area contributed by atoms with Crippen molar-refractivity contribution in [2.45, 2.75) is 31.8 Å². The number of H-pyrrole nitrogens is 2. The van der Waals surface area contributed by atoms with Gasteiger partial charge in [-0.2, -0.15) is 24.8 Å². The number of halogens is 1. The van der Waals surface area contributed by atoms with Gasteiger partial charge in [0, 0.05) is 10.8 Å². The first kappa shape index (κ1) is 20.4. The summed E-state index contributed by atoms with van der Waals surface area (Å²) in [6.07, 6.45) is 4.96. The molecule has 0 aliphatic heterocycles. The van der Waals surface area contributed by atoms with E-state index in [1.54, 1.807) is 19.1 Å². The Hall–Kier alpha value is -4.53. The maximum Gasteiger partial charge on any atom is 0.326 e. The third-order valence-corrected chi connectivity index (χ3v) is 5.20. The van der Waals surface area contributed by atoms with Gasteiger partial charge in [-0.15, -0.1) is 0 Å². The summed E-state index contributed by atoms with van der Waals surface area (Å²) in [5.41, 5.74) is 0.946. The van der Waals surface area contributed by atoms with E-state index >= 15 is 0 Å². The third-order valence-electron chi connectivity index (χ3n) is 5.20. The van der Waals surface area contributed by atoms with Crippen LogP contribution in [0.3, 0.4) is 0 Å². The van der Waals surface area contributed by atoms with E-state index in [0.717, 1.165) is 12.8 Å². The number of aromatic amines is 2. The molecule has 1 fully saturated rings. The Bertz CT molecular complexity index is 1590. The number of anilines is 1. The molecule has 0 saturated heterocycles. The molecule has 5 rings (SSSR count). The standard InChI is InChI=1S/C21H18FN9O2/c1-10(14-5-2-11(8-23)6-15(14)22)25-19-28-17-12(7-16-18(32)29-21(33)27-16)9-24-31(17)20(30-19)26-13-3-4-13/h2,5-7,9-10,13,32H,3-4H2,1H3,(H,25,26,30)(H2,27,29,33)/t10-/m1/s1. The zero-order valence-electron chi connectivity index (χ0n) is 17.4. The van der Waals surface area contributed by atoms with Crippen LogP contribution in [0.1, 0.15) is 42.6 Å². The summed E-state index contributed by atoms with van der Waals surface area (Å²) in [7, 11) is 0. The Morgan fingerprint density at radius 3 is 2.88 bits per heavy atom. The molecule has 3 aromatic heterocycles. The first-order valence-electron chi connectivity index (χ1n) is 10.2. The highest BCUT2D eigenvalue weighted by Crippen LogP contribution is 2.23. The number of benzene rings is 1. The van der Waals surface area contributed by atoms with E-state index in [1.165, 1.54) is 22.9 Å². The Labute approximate surface area is 185 Å². The van der Waals surface area contributed by atoms with Gasteiger partial charge in [0.25, 0.3) is 5.62 Å². The summed E-state index contributed by atoms with van der Waals surface area (Å²) in [4.78, 5) is 29.8. The number of aromatic nitrogens is 6. The van der Waals surface area contributed by atoms with Crippen molar-refractivity contribution in [3.05, 3.63) is 68.4 Å². The van der Waals surface area contributed by atoms with Gasteiger partial charge < -0.3 is 15.4 Å². The van der Waals surface area contributed by atoms with Crippen molar-refractivity contribution in [3.8, 4) is 11.9 Å². The molecule has 4 N–H and O–H groups in total. The maximum absolute atomic E-state index is 14.5. The lowest BCUT2D eigenvalue weighted by molar-refractivity contribution is 0.454. The van der Waals surface area contributed by atoms with Gasteiger partial charge in [0.1, 0.15) is 11.5 Å². The van der Waals surface area contributed by atoms with Crippen LogP contribution in [0.25, 0.3) is 11.7 Å². The molecule has 1 atom stereocenters. The molecule has 0 spiro atoms. The number of nitriles is 1. The van der Waals surface area contributed by atoms with Crippen molar-refractivity contribution in [1.29, 1.82) is 5.26 Å². The first-order chi connectivity index (χ1) is 15.9. The number of hydrogen-bond donors (Lipinski definition) is 4. The van der Waals surface area contributed by atoms with Crippen LogP contribution in [0, 0.1) is 17.1 Å². The van der Waals surface area contributed by atoms with Crippen LogP contribution >= 0.6 is 0 Å². The van der Waals surface area contributed by atoms with Crippen molar-refractivity contribution in [1.82, 2.24) is 29.5 Å². The molecule has 1 saturated carbocycles. The highest BCUT2D eigenvalue weighted by atomic mass is 19.1. The van der Waals surface area contributed by atoms with Crippen LogP contribution in [-0.4, -0.2) is 40.7 Å². The van der Waals surface area contributed by atoms with E-state index in [4.69, 9.17) is 5.26 Å².